The van der Waals surface area contributed by atoms with Crippen LogP contribution in [-0.2, 0) is 16.1 Å². The van der Waals surface area contributed by atoms with E-state index in [0.717, 1.165) is 4.90 Å². The van der Waals surface area contributed by atoms with Gasteiger partial charge >= 0.3 is 5.97 Å². The molecule has 7 nitrogen and oxygen atoms in total. The van der Waals surface area contributed by atoms with Gasteiger partial charge in [0.05, 0.1) is 16.8 Å². The molecule has 0 saturated heterocycles. The minimum atomic E-state index is -0.940. The first-order valence-corrected chi connectivity index (χ1v) is 10.5. The molecule has 0 aliphatic heterocycles. The Bertz CT molecular complexity index is 1350. The lowest BCUT2D eigenvalue weighted by molar-refractivity contribution is -0.133. The number of nitrogens with zero attached hydrogens (tertiary/aromatic N) is 1. The molecule has 9 heteroatoms. The number of amides is 1. The molecule has 1 aliphatic rings. The van der Waals surface area contributed by atoms with Gasteiger partial charge in [-0.05, 0) is 24.3 Å². The normalized spacial score (nSPS) is 12.1. The largest absolute Gasteiger partial charge is 0.452 e. The highest BCUT2D eigenvalue weighted by molar-refractivity contribution is 6.31. The number of hydrogen-bond acceptors (Lipinski definition) is 6. The number of rotatable bonds is 5. The summed E-state index contributed by atoms with van der Waals surface area (Å²) in [6.07, 6.45) is 0. The summed E-state index contributed by atoms with van der Waals surface area (Å²) in [4.78, 5) is 51.9. The summed E-state index contributed by atoms with van der Waals surface area (Å²) in [5.74, 6) is -2.96. The maximum atomic E-state index is 14.0. The lowest BCUT2D eigenvalue weighted by Crippen LogP contribution is -2.31. The lowest BCUT2D eigenvalue weighted by atomic mass is 9.82. The Morgan fingerprint density at radius 2 is 1.65 bits per heavy atom. The van der Waals surface area contributed by atoms with Gasteiger partial charge in [0.25, 0.3) is 5.91 Å². The molecule has 1 amide bonds. The van der Waals surface area contributed by atoms with E-state index in [2.05, 4.69) is 0 Å². The topological polar surface area (TPSA) is 107 Å². The molecule has 3 aromatic carbocycles. The van der Waals surface area contributed by atoms with E-state index in [0.29, 0.717) is 0 Å². The van der Waals surface area contributed by atoms with Gasteiger partial charge in [0.2, 0.25) is 0 Å². The van der Waals surface area contributed by atoms with Crippen molar-refractivity contribution in [3.05, 3.63) is 98.8 Å². The van der Waals surface area contributed by atoms with Gasteiger partial charge in [-0.15, -0.1) is 0 Å². The number of carbonyl (C=O) groups is 4. The fourth-order valence-corrected chi connectivity index (χ4v) is 3.94. The molecule has 4 rings (SSSR count). The number of anilines is 1. The first-order chi connectivity index (χ1) is 16.2. The highest BCUT2D eigenvalue weighted by Gasteiger charge is 2.33. The van der Waals surface area contributed by atoms with Crippen molar-refractivity contribution in [1.29, 1.82) is 0 Å². The molecule has 0 radical (unpaired) electrons. The highest BCUT2D eigenvalue weighted by atomic mass is 35.5. The molecule has 34 heavy (non-hydrogen) atoms. The zero-order valence-electron chi connectivity index (χ0n) is 17.9. The van der Waals surface area contributed by atoms with Crippen molar-refractivity contribution in [3.8, 4) is 0 Å². The smallest absolute Gasteiger partial charge is 0.340 e. The molecular weight excluding hydrogens is 463 g/mol. The van der Waals surface area contributed by atoms with Crippen molar-refractivity contribution in [2.24, 2.45) is 0 Å². The van der Waals surface area contributed by atoms with Crippen LogP contribution >= 0.6 is 11.6 Å². The van der Waals surface area contributed by atoms with Crippen LogP contribution < -0.4 is 5.73 Å². The molecule has 2 N–H and O–H groups in total. The minimum Gasteiger partial charge on any atom is -0.452 e. The number of nitrogens with two attached hydrogens (primary N) is 1. The van der Waals surface area contributed by atoms with Crippen molar-refractivity contribution in [1.82, 2.24) is 4.90 Å². The SMILES string of the molecule is CN(Cc1c(F)cccc1Cl)C(=O)COC(=O)c1ccc2c(c1N)C(=O)c1ccccc1C2=O. The van der Waals surface area contributed by atoms with E-state index in [1.807, 2.05) is 0 Å². The number of likely N-dealkylation sites (N-methyl/N-ethyl adjacent to an activating group) is 1. The Morgan fingerprint density at radius 1 is 0.971 bits per heavy atom. The van der Waals surface area contributed by atoms with Crippen LogP contribution in [-0.4, -0.2) is 42.0 Å². The number of halogens is 2. The van der Waals surface area contributed by atoms with Crippen molar-refractivity contribution in [2.45, 2.75) is 6.54 Å². The molecule has 0 atom stereocenters. The lowest BCUT2D eigenvalue weighted by Gasteiger charge is -2.20. The Kier molecular flexibility index (Phi) is 6.17. The molecule has 3 aromatic rings. The number of ketones is 2. The third-order valence-corrected chi connectivity index (χ3v) is 5.92. The second-order valence-corrected chi connectivity index (χ2v) is 8.09. The fraction of sp³-hybridized carbons (Fsp3) is 0.120. The van der Waals surface area contributed by atoms with Crippen LogP contribution in [0.25, 0.3) is 0 Å². The fourth-order valence-electron chi connectivity index (χ4n) is 3.71. The maximum absolute atomic E-state index is 14.0. The predicted molar refractivity (Wildman–Crippen MR) is 122 cm³/mol. The van der Waals surface area contributed by atoms with Crippen LogP contribution in [0.15, 0.2) is 54.6 Å². The van der Waals surface area contributed by atoms with Gasteiger partial charge in [-0.1, -0.05) is 41.9 Å². The molecule has 0 saturated carbocycles. The molecule has 0 fully saturated rings. The average Bonchev–Trinajstić information content (AvgIpc) is 2.82. The number of hydrogen-bond donors (Lipinski definition) is 1. The van der Waals surface area contributed by atoms with Crippen molar-refractivity contribution in [2.75, 3.05) is 19.4 Å². The summed E-state index contributed by atoms with van der Waals surface area (Å²) >= 11 is 5.99. The van der Waals surface area contributed by atoms with Gasteiger partial charge in [0.15, 0.2) is 18.2 Å². The quantitative estimate of drug-likeness (QED) is 0.345. The van der Waals surface area contributed by atoms with Gasteiger partial charge in [-0.2, -0.15) is 0 Å². The standard InChI is InChI=1S/C25H18ClFN2O5/c1-29(11-17-18(26)7-4-8-19(17)27)20(30)12-34-25(33)16-10-9-15-21(22(16)28)24(32)14-6-3-2-5-13(14)23(15)31/h2-10H,11-12,28H2,1H3. The molecule has 0 bridgehead atoms. The van der Waals surface area contributed by atoms with Gasteiger partial charge < -0.3 is 15.4 Å². The first-order valence-electron chi connectivity index (χ1n) is 10.2. The monoisotopic (exact) mass is 480 g/mol. The summed E-state index contributed by atoms with van der Waals surface area (Å²) in [7, 11) is 1.41. The van der Waals surface area contributed by atoms with Gasteiger partial charge in [0, 0.05) is 40.9 Å². The van der Waals surface area contributed by atoms with Gasteiger partial charge in [-0.3, -0.25) is 14.4 Å². The predicted octanol–water partition coefficient (Wildman–Crippen LogP) is 3.65. The van der Waals surface area contributed by atoms with E-state index in [1.54, 1.807) is 18.2 Å². The highest BCUT2D eigenvalue weighted by Crippen LogP contribution is 2.33. The Morgan fingerprint density at radius 3 is 2.32 bits per heavy atom. The zero-order valence-corrected chi connectivity index (χ0v) is 18.7. The van der Waals surface area contributed by atoms with Crippen LogP contribution in [0.2, 0.25) is 5.02 Å². The number of nitrogen functional groups attached to an aromatic ring is 1. The summed E-state index contributed by atoms with van der Waals surface area (Å²) in [6.45, 7) is -0.771. The van der Waals surface area contributed by atoms with Crippen molar-refractivity contribution >= 4 is 40.7 Å². The van der Waals surface area contributed by atoms with E-state index in [-0.39, 0.29) is 56.4 Å². The number of carbonyl (C=O) groups excluding carboxylic acids is 4. The van der Waals surface area contributed by atoms with E-state index >= 15 is 0 Å². The Balaban J connectivity index is 1.49. The van der Waals surface area contributed by atoms with Crippen LogP contribution in [0, 0.1) is 5.82 Å². The van der Waals surface area contributed by atoms with E-state index < -0.39 is 30.1 Å². The van der Waals surface area contributed by atoms with Crippen LogP contribution in [0.5, 0.6) is 0 Å². The first kappa shape index (κ1) is 23.1. The van der Waals surface area contributed by atoms with Crippen LogP contribution in [0.3, 0.4) is 0 Å². The Hall–Kier alpha value is -4.04. The molecule has 172 valence electrons. The van der Waals surface area contributed by atoms with E-state index in [1.165, 1.54) is 43.4 Å². The molecule has 0 unspecified atom stereocenters. The zero-order chi connectivity index (χ0) is 24.6. The summed E-state index contributed by atoms with van der Waals surface area (Å²) in [6, 6.07) is 13.1. The van der Waals surface area contributed by atoms with Crippen LogP contribution in [0.1, 0.15) is 47.8 Å². The summed E-state index contributed by atoms with van der Waals surface area (Å²) < 4.78 is 19.1. The third kappa shape index (κ3) is 4.04. The minimum absolute atomic E-state index is 0.0733. The van der Waals surface area contributed by atoms with Gasteiger partial charge in [-0.25, -0.2) is 9.18 Å². The van der Waals surface area contributed by atoms with Gasteiger partial charge in [0.1, 0.15) is 5.82 Å². The average molecular weight is 481 g/mol. The van der Waals surface area contributed by atoms with Crippen LogP contribution in [0.4, 0.5) is 10.1 Å². The van der Waals surface area contributed by atoms with E-state index in [4.69, 9.17) is 22.1 Å². The third-order valence-electron chi connectivity index (χ3n) is 5.56. The number of benzene rings is 3. The second-order valence-electron chi connectivity index (χ2n) is 7.68. The number of fused-ring (bicyclic) bond motifs is 2. The second kappa shape index (κ2) is 9.07. The Labute approximate surface area is 198 Å². The molecule has 0 aromatic heterocycles. The van der Waals surface area contributed by atoms with Crippen molar-refractivity contribution < 1.29 is 28.3 Å². The summed E-state index contributed by atoms with van der Waals surface area (Å²) in [5, 5.41) is 0.166. The summed E-state index contributed by atoms with van der Waals surface area (Å²) in [5.41, 5.74) is 6.35. The van der Waals surface area contributed by atoms with Crippen molar-refractivity contribution in [3.63, 3.8) is 0 Å². The molecular formula is C25H18ClFN2O5. The molecule has 1 aliphatic carbocycles. The molecule has 0 spiro atoms. The maximum Gasteiger partial charge on any atom is 0.340 e. The number of ether oxygens (including phenoxy) is 1. The molecule has 0 heterocycles. The van der Waals surface area contributed by atoms with E-state index in [9.17, 15) is 23.6 Å². The number of esters is 1.